The van der Waals surface area contributed by atoms with Gasteiger partial charge in [0.05, 0.1) is 6.54 Å². The number of carbonyl (C=O) groups excluding carboxylic acids is 1. The van der Waals surface area contributed by atoms with Crippen LogP contribution in [0.4, 0.5) is 0 Å². The summed E-state index contributed by atoms with van der Waals surface area (Å²) in [6.07, 6.45) is 5.90. The van der Waals surface area contributed by atoms with Crippen LogP contribution in [0.2, 0.25) is 0 Å². The fourth-order valence-corrected chi connectivity index (χ4v) is 5.62. The molecular weight excluding hydrogens is 396 g/mol. The number of nitrogens with zero attached hydrogens (tertiary/aromatic N) is 2. The molecule has 166 valence electrons. The van der Waals surface area contributed by atoms with Crippen molar-refractivity contribution in [3.05, 3.63) is 35.4 Å². The van der Waals surface area contributed by atoms with E-state index in [1.165, 1.54) is 5.56 Å². The van der Waals surface area contributed by atoms with Gasteiger partial charge < -0.3 is 15.5 Å². The van der Waals surface area contributed by atoms with Crippen LogP contribution in [0.5, 0.6) is 0 Å². The van der Waals surface area contributed by atoms with Crippen LogP contribution in [0, 0.1) is 0 Å². The quantitative estimate of drug-likeness (QED) is 0.489. The SMILES string of the molecule is CCNC(=NCc1ccc(CN2CCCC2=O)cc1)NC1CCCC(S(=O)CC)C1. The summed E-state index contributed by atoms with van der Waals surface area (Å²) in [6.45, 7) is 7.07. The Balaban J connectivity index is 1.55. The zero-order valence-electron chi connectivity index (χ0n) is 18.4. The Hall–Kier alpha value is -1.89. The number of hydrogen-bond acceptors (Lipinski definition) is 3. The molecule has 1 saturated carbocycles. The smallest absolute Gasteiger partial charge is 0.222 e. The molecule has 2 aliphatic rings. The average molecular weight is 433 g/mol. The van der Waals surface area contributed by atoms with E-state index in [9.17, 15) is 9.00 Å². The van der Waals surface area contributed by atoms with Gasteiger partial charge in [0.15, 0.2) is 5.96 Å². The number of carbonyl (C=O) groups is 1. The Morgan fingerprint density at radius 3 is 2.60 bits per heavy atom. The van der Waals surface area contributed by atoms with Gasteiger partial charge in [0.1, 0.15) is 0 Å². The summed E-state index contributed by atoms with van der Waals surface area (Å²) in [5.74, 6) is 1.84. The van der Waals surface area contributed by atoms with Crippen LogP contribution in [0.15, 0.2) is 29.3 Å². The normalized spacial score (nSPS) is 23.5. The molecule has 1 aliphatic carbocycles. The summed E-state index contributed by atoms with van der Waals surface area (Å²) in [5, 5.41) is 7.21. The number of amides is 1. The summed E-state index contributed by atoms with van der Waals surface area (Å²) in [5.41, 5.74) is 2.32. The zero-order valence-corrected chi connectivity index (χ0v) is 19.2. The van der Waals surface area contributed by atoms with Crippen LogP contribution in [-0.4, -0.2) is 51.1 Å². The maximum Gasteiger partial charge on any atom is 0.222 e. The van der Waals surface area contributed by atoms with E-state index in [4.69, 9.17) is 4.99 Å². The highest BCUT2D eigenvalue weighted by molar-refractivity contribution is 7.85. The molecule has 3 unspecified atom stereocenters. The fourth-order valence-electron chi connectivity index (χ4n) is 4.28. The van der Waals surface area contributed by atoms with Gasteiger partial charge in [-0.3, -0.25) is 9.00 Å². The number of nitrogens with one attached hydrogen (secondary N) is 2. The van der Waals surface area contributed by atoms with Gasteiger partial charge in [-0.25, -0.2) is 4.99 Å². The Kier molecular flexibility index (Phi) is 8.73. The van der Waals surface area contributed by atoms with Gasteiger partial charge in [-0.05, 0) is 43.7 Å². The Morgan fingerprint density at radius 1 is 1.17 bits per heavy atom. The van der Waals surface area contributed by atoms with Gasteiger partial charge in [-0.15, -0.1) is 0 Å². The van der Waals surface area contributed by atoms with E-state index in [0.717, 1.165) is 62.5 Å². The largest absolute Gasteiger partial charge is 0.357 e. The van der Waals surface area contributed by atoms with Gasteiger partial charge in [-0.2, -0.15) is 0 Å². The highest BCUT2D eigenvalue weighted by Crippen LogP contribution is 2.23. The standard InChI is InChI=1S/C23H36N4O2S/c1-3-24-23(26-20-7-5-8-21(15-20)30(29)4-2)25-16-18-10-12-19(13-11-18)17-27-14-6-9-22(27)28/h10-13,20-21H,3-9,14-17H2,1-2H3,(H2,24,25,26). The lowest BCUT2D eigenvalue weighted by Gasteiger charge is -2.30. The lowest BCUT2D eigenvalue weighted by molar-refractivity contribution is -0.128. The van der Waals surface area contributed by atoms with E-state index in [2.05, 4.69) is 41.8 Å². The second kappa shape index (κ2) is 11.5. The first-order valence-electron chi connectivity index (χ1n) is 11.4. The number of rotatable bonds is 8. The Morgan fingerprint density at radius 2 is 1.93 bits per heavy atom. The summed E-state index contributed by atoms with van der Waals surface area (Å²) in [7, 11) is -0.718. The molecule has 1 saturated heterocycles. The lowest BCUT2D eigenvalue weighted by atomic mass is 9.95. The number of benzene rings is 1. The first-order chi connectivity index (χ1) is 14.6. The Labute approximate surface area is 183 Å². The molecule has 30 heavy (non-hydrogen) atoms. The number of hydrogen-bond donors (Lipinski definition) is 2. The molecular formula is C23H36N4O2S. The van der Waals surface area contributed by atoms with Crippen molar-refractivity contribution in [3.8, 4) is 0 Å². The van der Waals surface area contributed by atoms with Crippen molar-refractivity contribution < 1.29 is 9.00 Å². The highest BCUT2D eigenvalue weighted by Gasteiger charge is 2.26. The van der Waals surface area contributed by atoms with Crippen LogP contribution in [-0.2, 0) is 28.7 Å². The van der Waals surface area contributed by atoms with Gasteiger partial charge in [-0.1, -0.05) is 37.6 Å². The zero-order chi connectivity index (χ0) is 21.3. The van der Waals surface area contributed by atoms with E-state index < -0.39 is 10.8 Å². The van der Waals surface area contributed by atoms with Gasteiger partial charge >= 0.3 is 0 Å². The first kappa shape index (κ1) is 22.8. The van der Waals surface area contributed by atoms with Crippen LogP contribution in [0.1, 0.15) is 63.5 Å². The summed E-state index contributed by atoms with van der Waals surface area (Å²) in [4.78, 5) is 18.5. The third-order valence-electron chi connectivity index (χ3n) is 5.95. The fraction of sp³-hybridized carbons (Fsp3) is 0.652. The molecule has 7 heteroatoms. The minimum absolute atomic E-state index is 0.262. The third kappa shape index (κ3) is 6.56. The van der Waals surface area contributed by atoms with E-state index in [1.807, 2.05) is 11.8 Å². The van der Waals surface area contributed by atoms with E-state index in [1.54, 1.807) is 0 Å². The number of aliphatic imine (C=N–C) groups is 1. The molecule has 0 aromatic heterocycles. The van der Waals surface area contributed by atoms with Crippen molar-refractivity contribution in [2.24, 2.45) is 4.99 Å². The summed E-state index contributed by atoms with van der Waals surface area (Å²) in [6, 6.07) is 8.73. The van der Waals surface area contributed by atoms with E-state index >= 15 is 0 Å². The predicted octanol–water partition coefficient (Wildman–Crippen LogP) is 2.94. The van der Waals surface area contributed by atoms with Crippen molar-refractivity contribution in [2.75, 3.05) is 18.8 Å². The third-order valence-corrected chi connectivity index (χ3v) is 7.70. The highest BCUT2D eigenvalue weighted by atomic mass is 32.2. The predicted molar refractivity (Wildman–Crippen MR) is 124 cm³/mol. The lowest BCUT2D eigenvalue weighted by Crippen LogP contribution is -2.46. The molecule has 0 bridgehead atoms. The molecule has 1 heterocycles. The maximum atomic E-state index is 12.2. The van der Waals surface area contributed by atoms with Crippen LogP contribution >= 0.6 is 0 Å². The Bertz CT molecular complexity index is 750. The van der Waals surface area contributed by atoms with Crippen LogP contribution in [0.3, 0.4) is 0 Å². The van der Waals surface area contributed by atoms with E-state index in [-0.39, 0.29) is 5.91 Å². The maximum absolute atomic E-state index is 12.2. The van der Waals surface area contributed by atoms with E-state index in [0.29, 0.717) is 30.8 Å². The molecule has 3 rings (SSSR count). The molecule has 6 nitrogen and oxygen atoms in total. The minimum atomic E-state index is -0.718. The van der Waals surface area contributed by atoms with Crippen molar-refractivity contribution in [1.82, 2.24) is 15.5 Å². The van der Waals surface area contributed by atoms with Crippen LogP contribution < -0.4 is 10.6 Å². The first-order valence-corrected chi connectivity index (χ1v) is 12.7. The molecule has 1 aromatic carbocycles. The molecule has 3 atom stereocenters. The van der Waals surface area contributed by atoms with Crippen molar-refractivity contribution in [3.63, 3.8) is 0 Å². The molecule has 2 N–H and O–H groups in total. The van der Waals surface area contributed by atoms with Gasteiger partial charge in [0.25, 0.3) is 0 Å². The minimum Gasteiger partial charge on any atom is -0.357 e. The van der Waals surface area contributed by atoms with Crippen molar-refractivity contribution in [1.29, 1.82) is 0 Å². The van der Waals surface area contributed by atoms with Gasteiger partial charge in [0, 0.05) is 53.9 Å². The molecule has 0 radical (unpaired) electrons. The van der Waals surface area contributed by atoms with Crippen molar-refractivity contribution >= 4 is 22.7 Å². The second-order valence-electron chi connectivity index (χ2n) is 8.23. The monoisotopic (exact) mass is 432 g/mol. The van der Waals surface area contributed by atoms with Crippen molar-refractivity contribution in [2.45, 2.75) is 76.8 Å². The second-order valence-corrected chi connectivity index (χ2v) is 10.2. The molecule has 1 aromatic rings. The molecule has 2 fully saturated rings. The summed E-state index contributed by atoms with van der Waals surface area (Å²) >= 11 is 0. The topological polar surface area (TPSA) is 73.8 Å². The number of guanidine groups is 1. The molecule has 1 amide bonds. The number of likely N-dealkylation sites (tertiary alicyclic amines) is 1. The molecule has 1 aliphatic heterocycles. The van der Waals surface area contributed by atoms with Crippen LogP contribution in [0.25, 0.3) is 0 Å². The van der Waals surface area contributed by atoms with Gasteiger partial charge in [0.2, 0.25) is 5.91 Å². The summed E-state index contributed by atoms with van der Waals surface area (Å²) < 4.78 is 12.2. The molecule has 0 spiro atoms. The average Bonchev–Trinajstić information content (AvgIpc) is 3.17.